The molecule has 50 heavy (non-hydrogen) atoms. The molecule has 0 heterocycles. The highest BCUT2D eigenvalue weighted by Crippen LogP contribution is 2.49. The Morgan fingerprint density at radius 2 is 0.280 bits per heavy atom. The Hall–Kier alpha value is -1.08. The monoisotopic (exact) mass is 1320 g/mol. The van der Waals surface area contributed by atoms with Crippen molar-refractivity contribution < 1.29 is 0 Å². The predicted octanol–water partition coefficient (Wildman–Crippen LogP) is 14.1. The lowest BCUT2D eigenvalue weighted by molar-refractivity contribution is 0.727. The summed E-state index contributed by atoms with van der Waals surface area (Å²) in [6, 6.07) is 63.9. The van der Waals surface area contributed by atoms with Crippen molar-refractivity contribution in [1.82, 2.24) is 0 Å². The minimum absolute atomic E-state index is 0.533. The lowest BCUT2D eigenvalue weighted by Crippen LogP contribution is -2.33. The molecule has 246 valence electrons. The van der Waals surface area contributed by atoms with Crippen LogP contribution in [0.5, 0.6) is 0 Å². The van der Waals surface area contributed by atoms with Gasteiger partial charge in [0.15, 0.2) is 0 Å². The zero-order valence-corrected chi connectivity index (χ0v) is 39.4. The van der Waals surface area contributed by atoms with Crippen LogP contribution in [-0.2, 0) is 10.8 Å². The molecule has 0 bridgehead atoms. The average Bonchev–Trinajstić information content (AvgIpc) is 3.13. The fourth-order valence-electron chi connectivity index (χ4n) is 7.17. The summed E-state index contributed by atoms with van der Waals surface area (Å²) in [4.78, 5) is 0. The van der Waals surface area contributed by atoms with Crippen LogP contribution in [0.3, 0.4) is 0 Å². The standard InChI is InChI=1S/C44H28I6/c45-37-17-5-31(6-18-37)43(32-7-19-38(46)20-8-32,33-9-21-39(47)22-10-33)29-1-2-30(4-3-29)44(34-11-23-40(48)24-12-34,35-13-25-41(49)26-14-35)36-15-27-42(50)28-16-36/h1-28H. The third kappa shape index (κ3) is 7.24. The molecule has 0 nitrogen and oxygen atoms in total. The van der Waals surface area contributed by atoms with E-state index >= 15 is 0 Å². The van der Waals surface area contributed by atoms with Crippen molar-refractivity contribution in [2.75, 3.05) is 0 Å². The van der Waals surface area contributed by atoms with Gasteiger partial charge in [-0.3, -0.25) is 0 Å². The Balaban J connectivity index is 1.54. The molecule has 6 heteroatoms. The molecule has 0 aromatic heterocycles. The maximum Gasteiger partial charge on any atom is 0.0701 e. The van der Waals surface area contributed by atoms with E-state index in [1.54, 1.807) is 0 Å². The summed E-state index contributed by atoms with van der Waals surface area (Å²) in [5, 5.41) is 0. The second kappa shape index (κ2) is 16.1. The van der Waals surface area contributed by atoms with Crippen LogP contribution in [0.2, 0.25) is 0 Å². The molecular weight excluding hydrogens is 1290 g/mol. The lowest BCUT2D eigenvalue weighted by Gasteiger charge is -2.39. The van der Waals surface area contributed by atoms with Crippen molar-refractivity contribution in [2.24, 2.45) is 0 Å². The van der Waals surface area contributed by atoms with Gasteiger partial charge >= 0.3 is 0 Å². The minimum Gasteiger partial charge on any atom is -0.0571 e. The van der Waals surface area contributed by atoms with E-state index in [0.29, 0.717) is 0 Å². The summed E-state index contributed by atoms with van der Waals surface area (Å²) in [6.45, 7) is 0. The normalized spacial score (nSPS) is 11.8. The third-order valence-corrected chi connectivity index (χ3v) is 13.7. The van der Waals surface area contributed by atoms with Gasteiger partial charge in [0.05, 0.1) is 10.8 Å². The maximum absolute atomic E-state index is 2.41. The van der Waals surface area contributed by atoms with Gasteiger partial charge in [-0.15, -0.1) is 0 Å². The van der Waals surface area contributed by atoms with Crippen LogP contribution in [0.1, 0.15) is 44.5 Å². The largest absolute Gasteiger partial charge is 0.0701 e. The lowest BCUT2D eigenvalue weighted by atomic mass is 9.63. The number of benzene rings is 7. The topological polar surface area (TPSA) is 0 Å². The molecule has 7 rings (SSSR count). The summed E-state index contributed by atoms with van der Waals surface area (Å²) in [5.74, 6) is 0. The van der Waals surface area contributed by atoms with Gasteiger partial charge in [-0.25, -0.2) is 0 Å². The van der Waals surface area contributed by atoms with Crippen molar-refractivity contribution in [2.45, 2.75) is 10.8 Å². The smallest absolute Gasteiger partial charge is 0.0571 e. The summed E-state index contributed by atoms with van der Waals surface area (Å²) < 4.78 is 7.32. The molecule has 0 amide bonds. The first-order valence-electron chi connectivity index (χ1n) is 15.9. The maximum atomic E-state index is 2.41. The van der Waals surface area contributed by atoms with E-state index in [4.69, 9.17) is 0 Å². The molecule has 0 N–H and O–H groups in total. The van der Waals surface area contributed by atoms with Crippen LogP contribution in [0.15, 0.2) is 170 Å². The van der Waals surface area contributed by atoms with Gasteiger partial charge in [0.25, 0.3) is 0 Å². The van der Waals surface area contributed by atoms with Crippen molar-refractivity contribution in [3.63, 3.8) is 0 Å². The molecule has 0 spiro atoms. The fourth-order valence-corrected chi connectivity index (χ4v) is 9.33. The van der Waals surface area contributed by atoms with E-state index in [9.17, 15) is 0 Å². The van der Waals surface area contributed by atoms with Crippen LogP contribution in [0.25, 0.3) is 0 Å². The molecule has 0 radical (unpaired) electrons. The Labute approximate surface area is 376 Å². The zero-order chi connectivity index (χ0) is 34.9. The van der Waals surface area contributed by atoms with Crippen molar-refractivity contribution in [1.29, 1.82) is 0 Å². The Bertz CT molecular complexity index is 1820. The first kappa shape index (κ1) is 37.2. The molecular formula is C44H28I6. The van der Waals surface area contributed by atoms with Gasteiger partial charge in [-0.2, -0.15) is 0 Å². The average molecular weight is 1320 g/mol. The number of hydrogen-bond acceptors (Lipinski definition) is 0. The number of rotatable bonds is 8. The van der Waals surface area contributed by atoms with E-state index in [0.717, 1.165) is 0 Å². The summed E-state index contributed by atoms with van der Waals surface area (Å²) in [6.07, 6.45) is 0. The van der Waals surface area contributed by atoms with Crippen LogP contribution in [0, 0.1) is 21.4 Å². The van der Waals surface area contributed by atoms with Gasteiger partial charge < -0.3 is 0 Å². The summed E-state index contributed by atoms with van der Waals surface area (Å²) in [7, 11) is 0. The number of hydrogen-bond donors (Lipinski definition) is 0. The molecule has 0 saturated carbocycles. The molecule has 0 fully saturated rings. The van der Waals surface area contributed by atoms with Gasteiger partial charge in [0.2, 0.25) is 0 Å². The predicted molar refractivity (Wildman–Crippen MR) is 259 cm³/mol. The Morgan fingerprint density at radius 3 is 0.400 bits per heavy atom. The molecule has 0 unspecified atom stereocenters. The summed E-state index contributed by atoms with van der Waals surface area (Å²) >= 11 is 14.5. The van der Waals surface area contributed by atoms with E-state index in [-0.39, 0.29) is 0 Å². The van der Waals surface area contributed by atoms with Gasteiger partial charge in [-0.1, -0.05) is 97.1 Å². The zero-order valence-electron chi connectivity index (χ0n) is 26.4. The number of halogens is 6. The highest BCUT2D eigenvalue weighted by molar-refractivity contribution is 14.1. The molecule has 0 aliphatic heterocycles. The van der Waals surface area contributed by atoms with Crippen molar-refractivity contribution in [3.8, 4) is 0 Å². The van der Waals surface area contributed by atoms with E-state index in [1.165, 1.54) is 65.9 Å². The minimum atomic E-state index is -0.533. The van der Waals surface area contributed by atoms with Crippen LogP contribution in [-0.4, -0.2) is 0 Å². The second-order valence-electron chi connectivity index (χ2n) is 12.1. The first-order valence-corrected chi connectivity index (χ1v) is 22.4. The molecule has 7 aromatic rings. The van der Waals surface area contributed by atoms with E-state index < -0.39 is 10.8 Å². The molecule has 7 aromatic carbocycles. The second-order valence-corrected chi connectivity index (χ2v) is 19.6. The molecule has 0 saturated heterocycles. The third-order valence-electron chi connectivity index (χ3n) is 9.41. The molecule has 0 atom stereocenters. The highest BCUT2D eigenvalue weighted by atomic mass is 127. The van der Waals surface area contributed by atoms with Crippen molar-refractivity contribution in [3.05, 3.63) is 236 Å². The summed E-state index contributed by atoms with van der Waals surface area (Å²) in [5.41, 5.74) is 8.85. The molecule has 0 aliphatic carbocycles. The Morgan fingerprint density at radius 1 is 0.180 bits per heavy atom. The van der Waals surface area contributed by atoms with Gasteiger partial charge in [0, 0.05) is 21.4 Å². The quantitative estimate of drug-likeness (QED) is 0.105. The van der Waals surface area contributed by atoms with Crippen LogP contribution in [0.4, 0.5) is 0 Å². The fraction of sp³-hybridized carbons (Fsp3) is 0.0455. The van der Waals surface area contributed by atoms with Gasteiger partial charge in [-0.05, 0) is 253 Å². The van der Waals surface area contributed by atoms with Crippen molar-refractivity contribution >= 4 is 136 Å². The van der Waals surface area contributed by atoms with E-state index in [2.05, 4.69) is 305 Å². The van der Waals surface area contributed by atoms with Crippen LogP contribution >= 0.6 is 136 Å². The molecule has 0 aliphatic rings. The first-order chi connectivity index (χ1) is 24.2. The van der Waals surface area contributed by atoms with E-state index in [1.807, 2.05) is 0 Å². The van der Waals surface area contributed by atoms with Gasteiger partial charge in [0.1, 0.15) is 0 Å². The van der Waals surface area contributed by atoms with Crippen LogP contribution < -0.4 is 0 Å². The highest BCUT2D eigenvalue weighted by Gasteiger charge is 2.41. The SMILES string of the molecule is Ic1ccc(C(c2ccc(I)cc2)(c2ccc(I)cc2)c2ccc(C(c3ccc(I)cc3)(c3ccc(I)cc3)c3ccc(I)cc3)cc2)cc1. The Kier molecular flexibility index (Phi) is 12.0.